The number of aryl methyl sites for hydroxylation is 2. The van der Waals surface area contributed by atoms with E-state index in [0.29, 0.717) is 25.4 Å². The second kappa shape index (κ2) is 5.74. The van der Waals surface area contributed by atoms with Crippen LogP contribution in [-0.2, 0) is 6.54 Å². The van der Waals surface area contributed by atoms with Crippen LogP contribution in [0.15, 0.2) is 33.9 Å². The molecule has 6 nitrogen and oxygen atoms in total. The third-order valence-corrected chi connectivity index (χ3v) is 4.98. The monoisotopic (exact) mass is 339 g/mol. The van der Waals surface area contributed by atoms with Crippen molar-refractivity contribution >= 4 is 21.8 Å². The summed E-state index contributed by atoms with van der Waals surface area (Å²) in [5.41, 5.74) is 2.38. The smallest absolute Gasteiger partial charge is 0.251 e. The zero-order chi connectivity index (χ0) is 17.7. The molecule has 3 aromatic rings. The lowest BCUT2D eigenvalue weighted by Crippen LogP contribution is -2.37. The predicted octanol–water partition coefficient (Wildman–Crippen LogP) is 1.80. The first-order valence-electron chi connectivity index (χ1n) is 8.56. The van der Waals surface area contributed by atoms with Crippen LogP contribution in [0.1, 0.15) is 18.5 Å². The van der Waals surface area contributed by atoms with Gasteiger partial charge < -0.3 is 14.6 Å². The van der Waals surface area contributed by atoms with E-state index in [0.717, 1.165) is 27.4 Å². The number of aromatic nitrogens is 2. The van der Waals surface area contributed by atoms with Crippen molar-refractivity contribution in [3.05, 3.63) is 50.5 Å². The minimum absolute atomic E-state index is 0.0466. The second-order valence-electron chi connectivity index (χ2n) is 6.51. The molecule has 0 saturated heterocycles. The normalized spacial score (nSPS) is 16.4. The first-order valence-corrected chi connectivity index (χ1v) is 8.56. The highest BCUT2D eigenvalue weighted by atomic mass is 16.5. The van der Waals surface area contributed by atoms with Crippen LogP contribution in [0.25, 0.3) is 21.8 Å². The van der Waals surface area contributed by atoms with Gasteiger partial charge in [0, 0.05) is 36.0 Å². The number of pyridine rings is 2. The van der Waals surface area contributed by atoms with Crippen molar-refractivity contribution in [2.75, 3.05) is 20.2 Å². The highest BCUT2D eigenvalue weighted by Crippen LogP contribution is 2.38. The Bertz CT molecular complexity index is 1110. The van der Waals surface area contributed by atoms with Crippen LogP contribution in [0.5, 0.6) is 5.75 Å². The Morgan fingerprint density at radius 1 is 1.20 bits per heavy atom. The van der Waals surface area contributed by atoms with Gasteiger partial charge >= 0.3 is 0 Å². The number of nitrogens with one attached hydrogen (secondary N) is 1. The molecule has 1 atom stereocenters. The van der Waals surface area contributed by atoms with Crippen molar-refractivity contribution in [3.8, 4) is 5.75 Å². The zero-order valence-corrected chi connectivity index (χ0v) is 14.6. The number of ether oxygens (including phenoxy) is 1. The lowest BCUT2D eigenvalue weighted by atomic mass is 10.0. The van der Waals surface area contributed by atoms with E-state index >= 15 is 0 Å². The van der Waals surface area contributed by atoms with Crippen molar-refractivity contribution < 1.29 is 4.74 Å². The maximum Gasteiger partial charge on any atom is 0.251 e. The first kappa shape index (κ1) is 15.9. The Hall–Kier alpha value is -2.60. The lowest BCUT2D eigenvalue weighted by molar-refractivity contribution is 0.233. The molecule has 25 heavy (non-hydrogen) atoms. The first-order chi connectivity index (χ1) is 12.1. The van der Waals surface area contributed by atoms with Gasteiger partial charge in [-0.15, -0.1) is 0 Å². The lowest BCUT2D eigenvalue weighted by Gasteiger charge is -2.29. The van der Waals surface area contributed by atoms with E-state index < -0.39 is 0 Å². The highest BCUT2D eigenvalue weighted by molar-refractivity contribution is 6.03. The number of benzene rings is 1. The van der Waals surface area contributed by atoms with Gasteiger partial charge in [-0.2, -0.15) is 0 Å². The Balaban J connectivity index is 2.24. The number of nitrogens with zero attached hydrogens (tertiary/aromatic N) is 2. The van der Waals surface area contributed by atoms with Crippen molar-refractivity contribution in [2.45, 2.75) is 26.4 Å². The largest absolute Gasteiger partial charge is 0.487 e. The topological polar surface area (TPSA) is 65.3 Å². The van der Waals surface area contributed by atoms with Gasteiger partial charge in [0.05, 0.1) is 17.1 Å². The molecule has 6 heteroatoms. The molecule has 0 saturated carbocycles. The van der Waals surface area contributed by atoms with Gasteiger partial charge in [-0.05, 0) is 38.6 Å². The zero-order valence-electron chi connectivity index (χ0n) is 14.6. The van der Waals surface area contributed by atoms with E-state index in [4.69, 9.17) is 4.74 Å². The molecule has 0 spiro atoms. The van der Waals surface area contributed by atoms with Crippen LogP contribution >= 0.6 is 0 Å². The predicted molar refractivity (Wildman–Crippen MR) is 98.8 cm³/mol. The molecule has 130 valence electrons. The Kier molecular flexibility index (Phi) is 3.65. The quantitative estimate of drug-likeness (QED) is 0.739. The van der Waals surface area contributed by atoms with Gasteiger partial charge in [-0.1, -0.05) is 0 Å². The molecule has 0 amide bonds. The highest BCUT2D eigenvalue weighted by Gasteiger charge is 2.26. The molecule has 0 aliphatic carbocycles. The molecule has 1 aliphatic heterocycles. The Morgan fingerprint density at radius 2 is 2.00 bits per heavy atom. The molecule has 4 rings (SSSR count). The summed E-state index contributed by atoms with van der Waals surface area (Å²) in [6.07, 6.45) is 0. The van der Waals surface area contributed by atoms with Crippen LogP contribution in [0.3, 0.4) is 0 Å². The number of fused-ring (bicyclic) bond motifs is 2. The Labute approximate surface area is 144 Å². The van der Waals surface area contributed by atoms with Crippen LogP contribution in [0.2, 0.25) is 0 Å². The van der Waals surface area contributed by atoms with E-state index in [1.165, 1.54) is 0 Å². The van der Waals surface area contributed by atoms with Crippen LogP contribution in [0, 0.1) is 6.92 Å². The third kappa shape index (κ3) is 2.21. The average molecular weight is 339 g/mol. The Morgan fingerprint density at radius 3 is 2.72 bits per heavy atom. The summed E-state index contributed by atoms with van der Waals surface area (Å²) in [4.78, 5) is 25.0. The fourth-order valence-electron chi connectivity index (χ4n) is 3.86. The molecule has 0 bridgehead atoms. The summed E-state index contributed by atoms with van der Waals surface area (Å²) < 4.78 is 9.64. The number of hydrogen-bond acceptors (Lipinski definition) is 4. The summed E-state index contributed by atoms with van der Waals surface area (Å²) in [6.45, 7) is 5.47. The summed E-state index contributed by atoms with van der Waals surface area (Å²) in [7, 11) is 1.86. The van der Waals surface area contributed by atoms with Crippen LogP contribution < -0.4 is 21.2 Å². The molecule has 0 fully saturated rings. The number of rotatable bonds is 3. The maximum atomic E-state index is 12.6. The van der Waals surface area contributed by atoms with E-state index in [2.05, 4.69) is 11.4 Å². The van der Waals surface area contributed by atoms with Crippen molar-refractivity contribution in [2.24, 2.45) is 0 Å². The molecule has 0 radical (unpaired) electrons. The summed E-state index contributed by atoms with van der Waals surface area (Å²) in [5.74, 6) is 0.639. The van der Waals surface area contributed by atoms with E-state index in [1.807, 2.05) is 27.0 Å². The second-order valence-corrected chi connectivity index (χ2v) is 6.51. The molecule has 0 unspecified atom stereocenters. The SMILES string of the molecule is CCn1c(=O)cc(C)c2cc3ccc(=O)n4c3c(c21)OC[C@@H]4CNC. The molecule has 3 heterocycles. The fraction of sp³-hybridized carbons (Fsp3) is 0.368. The standard InChI is InChI=1S/C19H21N3O3/c1-4-21-16(24)7-11(2)14-8-12-5-6-15(23)22-13(9-20-3)10-25-19(17(12)22)18(14)21/h5-8,13,20H,4,9-10H2,1-3H3/t13-/m0/s1. The summed E-state index contributed by atoms with van der Waals surface area (Å²) in [5, 5.41) is 5.06. The fourth-order valence-corrected chi connectivity index (χ4v) is 3.86. The van der Waals surface area contributed by atoms with Gasteiger partial charge in [0.25, 0.3) is 11.1 Å². The van der Waals surface area contributed by atoms with E-state index in [1.54, 1.807) is 21.3 Å². The third-order valence-electron chi connectivity index (χ3n) is 4.98. The summed E-state index contributed by atoms with van der Waals surface area (Å²) in [6, 6.07) is 7.08. The van der Waals surface area contributed by atoms with E-state index in [-0.39, 0.29) is 17.2 Å². The van der Waals surface area contributed by atoms with Gasteiger partial charge in [0.2, 0.25) is 0 Å². The van der Waals surface area contributed by atoms with Crippen molar-refractivity contribution in [1.82, 2.24) is 14.5 Å². The van der Waals surface area contributed by atoms with Crippen LogP contribution in [0.4, 0.5) is 0 Å². The van der Waals surface area contributed by atoms with Gasteiger partial charge in [0.15, 0.2) is 5.75 Å². The minimum atomic E-state index is -0.0715. The molecular formula is C19H21N3O3. The van der Waals surface area contributed by atoms with Crippen LogP contribution in [-0.4, -0.2) is 29.3 Å². The van der Waals surface area contributed by atoms with Crippen molar-refractivity contribution in [3.63, 3.8) is 0 Å². The van der Waals surface area contributed by atoms with Gasteiger partial charge in [-0.3, -0.25) is 14.2 Å². The molecule has 1 N–H and O–H groups in total. The van der Waals surface area contributed by atoms with Crippen molar-refractivity contribution in [1.29, 1.82) is 0 Å². The number of likely N-dealkylation sites (N-methyl/N-ethyl adjacent to an activating group) is 1. The maximum absolute atomic E-state index is 12.6. The summed E-state index contributed by atoms with van der Waals surface area (Å²) >= 11 is 0. The molecule has 2 aromatic heterocycles. The minimum Gasteiger partial charge on any atom is -0.487 e. The average Bonchev–Trinajstić information content (AvgIpc) is 2.59. The molecule has 1 aliphatic rings. The van der Waals surface area contributed by atoms with Gasteiger partial charge in [-0.25, -0.2) is 0 Å². The number of hydrogen-bond donors (Lipinski definition) is 1. The van der Waals surface area contributed by atoms with Gasteiger partial charge in [0.1, 0.15) is 6.61 Å². The molecule has 1 aromatic carbocycles. The molecular weight excluding hydrogens is 318 g/mol. The van der Waals surface area contributed by atoms with E-state index in [9.17, 15) is 9.59 Å².